The average Bonchev–Trinajstić information content (AvgIpc) is 3.15. The Bertz CT molecular complexity index is 461. The second kappa shape index (κ2) is 12.1. The molecule has 0 radical (unpaired) electrons. The monoisotopic (exact) mass is 422 g/mol. The van der Waals surface area contributed by atoms with E-state index in [4.69, 9.17) is 0 Å². The number of hydrogen-bond acceptors (Lipinski definition) is 4. The fourth-order valence-electron chi connectivity index (χ4n) is 4.42. The Hall–Kier alpha value is -0.560. The first-order valence-electron chi connectivity index (χ1n) is 10.1. The largest absolute Gasteiger partial charge is 0.339 e. The molecule has 3 fully saturated rings. The minimum absolute atomic E-state index is 0. The van der Waals surface area contributed by atoms with Crippen LogP contribution in [0, 0.1) is 11.8 Å². The molecule has 1 unspecified atom stereocenters. The number of halogens is 2. The van der Waals surface area contributed by atoms with E-state index in [-0.39, 0.29) is 36.6 Å². The van der Waals surface area contributed by atoms with Crippen molar-refractivity contribution in [2.45, 2.75) is 39.0 Å². The summed E-state index contributed by atoms with van der Waals surface area (Å²) in [5.41, 5.74) is 0. The van der Waals surface area contributed by atoms with Crippen LogP contribution in [0.1, 0.15) is 39.0 Å². The number of hydrogen-bond donors (Lipinski definition) is 1. The SMILES string of the molecule is CC(CC(=O)N1CCN(C(=O)CN2CCCC2)CC1)C1CCNCC1.Cl.Cl. The zero-order valence-corrected chi connectivity index (χ0v) is 18.2. The van der Waals surface area contributed by atoms with Crippen LogP contribution in [0.3, 0.4) is 0 Å². The molecule has 8 heteroatoms. The second-order valence-corrected chi connectivity index (χ2v) is 8.01. The minimum Gasteiger partial charge on any atom is -0.339 e. The normalized spacial score (nSPS) is 22.7. The summed E-state index contributed by atoms with van der Waals surface area (Å²) < 4.78 is 0. The van der Waals surface area contributed by atoms with Crippen LogP contribution in [-0.4, -0.2) is 85.4 Å². The molecule has 0 aromatic heterocycles. The van der Waals surface area contributed by atoms with Crippen molar-refractivity contribution in [1.82, 2.24) is 20.0 Å². The number of piperazine rings is 1. The van der Waals surface area contributed by atoms with Gasteiger partial charge in [-0.1, -0.05) is 6.92 Å². The predicted molar refractivity (Wildman–Crippen MR) is 113 cm³/mol. The molecule has 3 aliphatic rings. The summed E-state index contributed by atoms with van der Waals surface area (Å²) in [5, 5.41) is 3.39. The third-order valence-electron chi connectivity index (χ3n) is 6.23. The Morgan fingerprint density at radius 3 is 1.96 bits per heavy atom. The molecule has 0 aromatic rings. The molecular formula is C19H36Cl2N4O2. The van der Waals surface area contributed by atoms with E-state index in [1.54, 1.807) is 0 Å². The van der Waals surface area contributed by atoms with Crippen LogP contribution in [0.5, 0.6) is 0 Å². The van der Waals surface area contributed by atoms with Crippen molar-refractivity contribution in [3.8, 4) is 0 Å². The lowest BCUT2D eigenvalue weighted by Crippen LogP contribution is -2.52. The lowest BCUT2D eigenvalue weighted by molar-refractivity contribution is -0.140. The summed E-state index contributed by atoms with van der Waals surface area (Å²) in [7, 11) is 0. The number of nitrogens with zero attached hydrogens (tertiary/aromatic N) is 3. The highest BCUT2D eigenvalue weighted by Crippen LogP contribution is 2.25. The topological polar surface area (TPSA) is 55.9 Å². The summed E-state index contributed by atoms with van der Waals surface area (Å²) in [6.45, 7) is 9.84. The van der Waals surface area contributed by atoms with Crippen molar-refractivity contribution in [2.24, 2.45) is 11.8 Å². The maximum absolute atomic E-state index is 12.6. The second-order valence-electron chi connectivity index (χ2n) is 8.01. The van der Waals surface area contributed by atoms with Gasteiger partial charge in [-0.2, -0.15) is 0 Å². The summed E-state index contributed by atoms with van der Waals surface area (Å²) in [4.78, 5) is 31.2. The standard InChI is InChI=1S/C19H34N4O2.2ClH/c1-16(17-4-6-20-7-5-17)14-18(24)22-10-12-23(13-11-22)19(25)15-21-8-2-3-9-21;;/h16-17,20H,2-15H2,1H3;2*1H. The third-order valence-corrected chi connectivity index (χ3v) is 6.23. The van der Waals surface area contributed by atoms with E-state index >= 15 is 0 Å². The Morgan fingerprint density at radius 2 is 1.41 bits per heavy atom. The molecule has 1 N–H and O–H groups in total. The van der Waals surface area contributed by atoms with Gasteiger partial charge in [0.05, 0.1) is 6.54 Å². The molecular weight excluding hydrogens is 387 g/mol. The maximum atomic E-state index is 12.6. The molecule has 27 heavy (non-hydrogen) atoms. The van der Waals surface area contributed by atoms with E-state index in [2.05, 4.69) is 17.1 Å². The molecule has 1 atom stereocenters. The van der Waals surface area contributed by atoms with Crippen LogP contribution < -0.4 is 5.32 Å². The number of carbonyl (C=O) groups is 2. The molecule has 0 aromatic carbocycles. The van der Waals surface area contributed by atoms with Gasteiger partial charge >= 0.3 is 0 Å². The zero-order chi connectivity index (χ0) is 17.6. The number of likely N-dealkylation sites (tertiary alicyclic amines) is 1. The van der Waals surface area contributed by atoms with Gasteiger partial charge in [-0.25, -0.2) is 0 Å². The van der Waals surface area contributed by atoms with E-state index in [0.717, 1.165) is 26.2 Å². The van der Waals surface area contributed by atoms with Crippen molar-refractivity contribution in [1.29, 1.82) is 0 Å². The van der Waals surface area contributed by atoms with Gasteiger partial charge in [-0.15, -0.1) is 24.8 Å². The fraction of sp³-hybridized carbons (Fsp3) is 0.895. The molecule has 3 saturated heterocycles. The molecule has 6 nitrogen and oxygen atoms in total. The lowest BCUT2D eigenvalue weighted by Gasteiger charge is -2.36. The first-order valence-corrected chi connectivity index (χ1v) is 10.1. The van der Waals surface area contributed by atoms with Crippen LogP contribution in [0.2, 0.25) is 0 Å². The summed E-state index contributed by atoms with van der Waals surface area (Å²) in [6, 6.07) is 0. The molecule has 3 heterocycles. The summed E-state index contributed by atoms with van der Waals surface area (Å²) in [5.74, 6) is 1.65. The van der Waals surface area contributed by atoms with Gasteiger partial charge < -0.3 is 15.1 Å². The first-order chi connectivity index (χ1) is 12.1. The van der Waals surface area contributed by atoms with Crippen molar-refractivity contribution in [2.75, 3.05) is 58.9 Å². The smallest absolute Gasteiger partial charge is 0.236 e. The number of rotatable bonds is 5. The van der Waals surface area contributed by atoms with Crippen LogP contribution in [0.15, 0.2) is 0 Å². The summed E-state index contributed by atoms with van der Waals surface area (Å²) >= 11 is 0. The van der Waals surface area contributed by atoms with Gasteiger partial charge in [0.15, 0.2) is 0 Å². The number of nitrogens with one attached hydrogen (secondary N) is 1. The lowest BCUT2D eigenvalue weighted by atomic mass is 9.84. The molecule has 3 aliphatic heterocycles. The fourth-order valence-corrected chi connectivity index (χ4v) is 4.42. The highest BCUT2D eigenvalue weighted by Gasteiger charge is 2.28. The van der Waals surface area contributed by atoms with Crippen LogP contribution in [0.25, 0.3) is 0 Å². The quantitative estimate of drug-likeness (QED) is 0.731. The van der Waals surface area contributed by atoms with Gasteiger partial charge in [-0.3, -0.25) is 14.5 Å². The zero-order valence-electron chi connectivity index (χ0n) is 16.5. The average molecular weight is 423 g/mol. The van der Waals surface area contributed by atoms with Gasteiger partial charge in [-0.05, 0) is 63.7 Å². The summed E-state index contributed by atoms with van der Waals surface area (Å²) in [6.07, 6.45) is 5.46. The maximum Gasteiger partial charge on any atom is 0.236 e. The van der Waals surface area contributed by atoms with Crippen molar-refractivity contribution >= 4 is 36.6 Å². The first kappa shape index (κ1) is 24.5. The molecule has 0 spiro atoms. The van der Waals surface area contributed by atoms with E-state index < -0.39 is 0 Å². The van der Waals surface area contributed by atoms with E-state index in [9.17, 15) is 9.59 Å². The predicted octanol–water partition coefficient (Wildman–Crippen LogP) is 1.62. The van der Waals surface area contributed by atoms with Crippen LogP contribution in [0.4, 0.5) is 0 Å². The molecule has 3 rings (SSSR count). The highest BCUT2D eigenvalue weighted by molar-refractivity contribution is 5.85. The Labute approximate surface area is 176 Å². The molecule has 0 bridgehead atoms. The molecule has 0 saturated carbocycles. The Morgan fingerprint density at radius 1 is 0.889 bits per heavy atom. The van der Waals surface area contributed by atoms with Crippen molar-refractivity contribution in [3.63, 3.8) is 0 Å². The highest BCUT2D eigenvalue weighted by atomic mass is 35.5. The van der Waals surface area contributed by atoms with Crippen LogP contribution in [-0.2, 0) is 9.59 Å². The van der Waals surface area contributed by atoms with Crippen molar-refractivity contribution < 1.29 is 9.59 Å². The molecule has 158 valence electrons. The van der Waals surface area contributed by atoms with Gasteiger partial charge in [0.1, 0.15) is 0 Å². The number of carbonyl (C=O) groups excluding carboxylic acids is 2. The third kappa shape index (κ3) is 7.08. The van der Waals surface area contributed by atoms with Gasteiger partial charge in [0.25, 0.3) is 0 Å². The Balaban J connectivity index is 0.00000182. The van der Waals surface area contributed by atoms with E-state index in [0.29, 0.717) is 51.0 Å². The minimum atomic E-state index is 0. The molecule has 0 aliphatic carbocycles. The van der Waals surface area contributed by atoms with Gasteiger partial charge in [0, 0.05) is 32.6 Å². The van der Waals surface area contributed by atoms with Crippen molar-refractivity contribution in [3.05, 3.63) is 0 Å². The molecule has 2 amide bonds. The van der Waals surface area contributed by atoms with E-state index in [1.165, 1.54) is 25.7 Å². The van der Waals surface area contributed by atoms with Gasteiger partial charge in [0.2, 0.25) is 11.8 Å². The van der Waals surface area contributed by atoms with Crippen LogP contribution >= 0.6 is 24.8 Å². The number of piperidine rings is 1. The van der Waals surface area contributed by atoms with E-state index in [1.807, 2.05) is 9.80 Å². The Kier molecular flexibility index (Phi) is 11.0. The number of amides is 2.